The van der Waals surface area contributed by atoms with Crippen molar-refractivity contribution in [2.45, 2.75) is 33.2 Å². The summed E-state index contributed by atoms with van der Waals surface area (Å²) in [5.41, 5.74) is 2.51. The zero-order valence-corrected chi connectivity index (χ0v) is 11.6. The summed E-state index contributed by atoms with van der Waals surface area (Å²) < 4.78 is 15.1. The van der Waals surface area contributed by atoms with Crippen LogP contribution in [0.3, 0.4) is 0 Å². The van der Waals surface area contributed by atoms with Crippen LogP contribution in [0.2, 0.25) is 0 Å². The summed E-state index contributed by atoms with van der Waals surface area (Å²) >= 11 is 0. The minimum atomic E-state index is -1.05. The van der Waals surface area contributed by atoms with E-state index in [0.717, 1.165) is 30.3 Å². The van der Waals surface area contributed by atoms with E-state index < -0.39 is 11.8 Å². The molecule has 0 atom stereocenters. The van der Waals surface area contributed by atoms with Crippen LogP contribution in [0.15, 0.2) is 24.3 Å². The second kappa shape index (κ2) is 5.86. The van der Waals surface area contributed by atoms with Crippen molar-refractivity contribution < 1.29 is 14.3 Å². The smallest absolute Gasteiger partial charge is 0.336 e. The second-order valence-electron chi connectivity index (χ2n) is 4.60. The summed E-state index contributed by atoms with van der Waals surface area (Å²) in [5, 5.41) is 13.6. The Morgan fingerprint density at radius 1 is 1.30 bits per heavy atom. The molecule has 2 rings (SSSR count). The van der Waals surface area contributed by atoms with Crippen molar-refractivity contribution in [3.63, 3.8) is 0 Å². The lowest BCUT2D eigenvalue weighted by Gasteiger charge is -2.09. The van der Waals surface area contributed by atoms with Crippen molar-refractivity contribution in [2.75, 3.05) is 0 Å². The molecule has 0 saturated carbocycles. The predicted octanol–water partition coefficient (Wildman–Crippen LogP) is 2.89. The average Bonchev–Trinajstić information content (AvgIpc) is 2.80. The molecule has 0 radical (unpaired) electrons. The first-order valence-electron chi connectivity index (χ1n) is 6.62. The van der Waals surface area contributed by atoms with E-state index in [1.807, 2.05) is 19.9 Å². The van der Waals surface area contributed by atoms with E-state index in [4.69, 9.17) is 5.11 Å². The lowest BCUT2D eigenvalue weighted by atomic mass is 10.1. The molecular weight excluding hydrogens is 259 g/mol. The van der Waals surface area contributed by atoms with Crippen LogP contribution in [0.1, 0.15) is 41.2 Å². The molecule has 0 aliphatic heterocycles. The Labute approximate surface area is 116 Å². The minimum Gasteiger partial charge on any atom is -0.478 e. The fourth-order valence-corrected chi connectivity index (χ4v) is 2.17. The van der Waals surface area contributed by atoms with E-state index >= 15 is 0 Å². The number of aromatic nitrogens is 2. The molecule has 20 heavy (non-hydrogen) atoms. The molecule has 0 bridgehead atoms. The molecule has 1 aromatic carbocycles. The van der Waals surface area contributed by atoms with Gasteiger partial charge in [-0.1, -0.05) is 13.8 Å². The van der Waals surface area contributed by atoms with Crippen molar-refractivity contribution in [1.82, 2.24) is 9.78 Å². The Hall–Kier alpha value is -2.17. The van der Waals surface area contributed by atoms with Crippen LogP contribution in [0.25, 0.3) is 0 Å². The SMILES string of the molecule is CCc1cc(CC)n(Cc2cc(F)ccc2C(=O)O)n1. The number of aryl methyl sites for hydroxylation is 2. The Morgan fingerprint density at radius 3 is 2.65 bits per heavy atom. The van der Waals surface area contributed by atoms with Gasteiger partial charge >= 0.3 is 5.97 Å². The molecule has 0 aliphatic rings. The fraction of sp³-hybridized carbons (Fsp3) is 0.333. The minimum absolute atomic E-state index is 0.113. The van der Waals surface area contributed by atoms with Crippen LogP contribution in [-0.2, 0) is 19.4 Å². The van der Waals surface area contributed by atoms with Crippen LogP contribution in [0.5, 0.6) is 0 Å². The zero-order valence-electron chi connectivity index (χ0n) is 11.6. The summed E-state index contributed by atoms with van der Waals surface area (Å²) in [6.45, 7) is 4.29. The summed E-state index contributed by atoms with van der Waals surface area (Å²) in [6.07, 6.45) is 1.61. The van der Waals surface area contributed by atoms with Gasteiger partial charge in [-0.15, -0.1) is 0 Å². The van der Waals surface area contributed by atoms with Crippen LogP contribution < -0.4 is 0 Å². The Morgan fingerprint density at radius 2 is 2.05 bits per heavy atom. The van der Waals surface area contributed by atoms with E-state index in [1.165, 1.54) is 12.1 Å². The number of carboxylic acid groups (broad SMARTS) is 1. The third-order valence-corrected chi connectivity index (χ3v) is 3.26. The number of hydrogen-bond acceptors (Lipinski definition) is 2. The summed E-state index contributed by atoms with van der Waals surface area (Å²) in [7, 11) is 0. The first kappa shape index (κ1) is 14.2. The second-order valence-corrected chi connectivity index (χ2v) is 4.60. The van der Waals surface area contributed by atoms with Gasteiger partial charge in [-0.25, -0.2) is 9.18 Å². The lowest BCUT2D eigenvalue weighted by Crippen LogP contribution is -2.11. The largest absolute Gasteiger partial charge is 0.478 e. The lowest BCUT2D eigenvalue weighted by molar-refractivity contribution is 0.0695. The standard InChI is InChI=1S/C15H17FN2O2/c1-3-12-8-13(4-2)18(17-12)9-10-7-11(16)5-6-14(10)15(19)20/h5-8H,3-4,9H2,1-2H3,(H,19,20). The van der Waals surface area contributed by atoms with E-state index in [0.29, 0.717) is 5.56 Å². The molecule has 1 heterocycles. The number of aromatic carboxylic acids is 1. The van der Waals surface area contributed by atoms with Crippen LogP contribution in [0.4, 0.5) is 4.39 Å². The number of benzene rings is 1. The van der Waals surface area contributed by atoms with E-state index in [2.05, 4.69) is 5.10 Å². The van der Waals surface area contributed by atoms with E-state index in [9.17, 15) is 9.18 Å². The Bertz CT molecular complexity index is 635. The molecule has 0 spiro atoms. The topological polar surface area (TPSA) is 55.1 Å². The highest BCUT2D eigenvalue weighted by molar-refractivity contribution is 5.89. The average molecular weight is 276 g/mol. The summed E-state index contributed by atoms with van der Waals surface area (Å²) in [5.74, 6) is -1.49. The van der Waals surface area contributed by atoms with Gasteiger partial charge < -0.3 is 5.11 Å². The van der Waals surface area contributed by atoms with Crippen molar-refractivity contribution >= 4 is 5.97 Å². The molecule has 1 N–H and O–H groups in total. The Balaban J connectivity index is 2.41. The molecular formula is C15H17FN2O2. The number of halogens is 1. The third kappa shape index (κ3) is 2.87. The number of carboxylic acids is 1. The van der Waals surface area contributed by atoms with Crippen molar-refractivity contribution in [3.05, 3.63) is 52.6 Å². The monoisotopic (exact) mass is 276 g/mol. The van der Waals surface area contributed by atoms with Crippen LogP contribution in [-0.4, -0.2) is 20.9 Å². The number of carbonyl (C=O) groups is 1. The molecule has 0 saturated heterocycles. The maximum absolute atomic E-state index is 13.3. The van der Waals surface area contributed by atoms with Crippen molar-refractivity contribution in [1.29, 1.82) is 0 Å². The molecule has 1 aromatic heterocycles. The van der Waals surface area contributed by atoms with Gasteiger partial charge in [-0.3, -0.25) is 4.68 Å². The molecule has 106 valence electrons. The molecule has 0 fully saturated rings. The van der Waals surface area contributed by atoms with Gasteiger partial charge in [0.05, 0.1) is 17.8 Å². The number of rotatable bonds is 5. The van der Waals surface area contributed by atoms with Gasteiger partial charge in [0.2, 0.25) is 0 Å². The molecule has 0 aliphatic carbocycles. The first-order chi connectivity index (χ1) is 9.55. The third-order valence-electron chi connectivity index (χ3n) is 3.26. The van der Waals surface area contributed by atoms with Crippen molar-refractivity contribution in [3.8, 4) is 0 Å². The van der Waals surface area contributed by atoms with Crippen LogP contribution >= 0.6 is 0 Å². The molecule has 0 unspecified atom stereocenters. The first-order valence-corrected chi connectivity index (χ1v) is 6.62. The summed E-state index contributed by atoms with van der Waals surface area (Å²) in [6, 6.07) is 5.72. The van der Waals surface area contributed by atoms with Gasteiger partial charge in [-0.05, 0) is 42.7 Å². The normalized spacial score (nSPS) is 10.8. The predicted molar refractivity (Wildman–Crippen MR) is 73.4 cm³/mol. The number of nitrogens with zero attached hydrogens (tertiary/aromatic N) is 2. The maximum Gasteiger partial charge on any atom is 0.336 e. The molecule has 4 nitrogen and oxygen atoms in total. The highest BCUT2D eigenvalue weighted by Gasteiger charge is 2.13. The van der Waals surface area contributed by atoms with Crippen molar-refractivity contribution in [2.24, 2.45) is 0 Å². The molecule has 2 aromatic rings. The van der Waals surface area contributed by atoms with Gasteiger partial charge in [-0.2, -0.15) is 5.10 Å². The van der Waals surface area contributed by atoms with Gasteiger partial charge in [0, 0.05) is 5.69 Å². The molecule has 0 amide bonds. The fourth-order valence-electron chi connectivity index (χ4n) is 2.17. The zero-order chi connectivity index (χ0) is 14.7. The highest BCUT2D eigenvalue weighted by Crippen LogP contribution is 2.15. The van der Waals surface area contributed by atoms with E-state index in [1.54, 1.807) is 4.68 Å². The van der Waals surface area contributed by atoms with Crippen LogP contribution in [0, 0.1) is 5.82 Å². The van der Waals surface area contributed by atoms with E-state index in [-0.39, 0.29) is 12.1 Å². The molecule has 5 heteroatoms. The maximum atomic E-state index is 13.3. The van der Waals surface area contributed by atoms with Gasteiger partial charge in [0.15, 0.2) is 0 Å². The number of hydrogen-bond donors (Lipinski definition) is 1. The Kier molecular flexibility index (Phi) is 4.17. The summed E-state index contributed by atoms with van der Waals surface area (Å²) in [4.78, 5) is 11.2. The van der Waals surface area contributed by atoms with Gasteiger partial charge in [0.1, 0.15) is 5.82 Å². The quantitative estimate of drug-likeness (QED) is 0.913. The highest BCUT2D eigenvalue weighted by atomic mass is 19.1. The van der Waals surface area contributed by atoms with Gasteiger partial charge in [0.25, 0.3) is 0 Å².